The van der Waals surface area contributed by atoms with E-state index >= 15 is 0 Å². The SMILES string of the molecule is CC1(C)C[C@@H]1C(=O)N/C(=C\CCCCCl)C(=O)O. The highest BCUT2D eigenvalue weighted by Crippen LogP contribution is 2.51. The highest BCUT2D eigenvalue weighted by atomic mass is 35.5. The second-order valence-corrected chi connectivity index (χ2v) is 5.72. The summed E-state index contributed by atoms with van der Waals surface area (Å²) in [5, 5.41) is 11.5. The summed E-state index contributed by atoms with van der Waals surface area (Å²) in [4.78, 5) is 22.8. The monoisotopic (exact) mass is 273 g/mol. The van der Waals surface area contributed by atoms with Gasteiger partial charge in [-0.2, -0.15) is 0 Å². The fourth-order valence-electron chi connectivity index (χ4n) is 1.81. The number of carboxylic acids is 1. The van der Waals surface area contributed by atoms with Gasteiger partial charge in [0.2, 0.25) is 5.91 Å². The number of nitrogens with one attached hydrogen (secondary N) is 1. The number of rotatable bonds is 7. The van der Waals surface area contributed by atoms with E-state index in [1.54, 1.807) is 6.08 Å². The van der Waals surface area contributed by atoms with Crippen molar-refractivity contribution < 1.29 is 14.7 Å². The van der Waals surface area contributed by atoms with Gasteiger partial charge in [0.25, 0.3) is 0 Å². The van der Waals surface area contributed by atoms with Crippen molar-refractivity contribution in [2.75, 3.05) is 5.88 Å². The highest BCUT2D eigenvalue weighted by Gasteiger charge is 2.50. The molecule has 0 radical (unpaired) electrons. The smallest absolute Gasteiger partial charge is 0.352 e. The summed E-state index contributed by atoms with van der Waals surface area (Å²) in [6.45, 7) is 4.00. The molecule has 1 aliphatic carbocycles. The molecule has 0 spiro atoms. The molecule has 5 heteroatoms. The van der Waals surface area contributed by atoms with Gasteiger partial charge in [-0.15, -0.1) is 11.6 Å². The zero-order valence-corrected chi connectivity index (χ0v) is 11.6. The molecule has 0 saturated heterocycles. The minimum atomic E-state index is -1.09. The molecule has 0 aromatic carbocycles. The predicted octanol–water partition coefficient (Wildman–Crippen LogP) is 2.53. The molecule has 18 heavy (non-hydrogen) atoms. The van der Waals surface area contributed by atoms with E-state index in [1.807, 2.05) is 13.8 Å². The zero-order chi connectivity index (χ0) is 13.8. The molecule has 1 amide bonds. The molecule has 1 atom stereocenters. The molecule has 1 saturated carbocycles. The summed E-state index contributed by atoms with van der Waals surface area (Å²) < 4.78 is 0. The van der Waals surface area contributed by atoms with E-state index < -0.39 is 5.97 Å². The van der Waals surface area contributed by atoms with E-state index in [-0.39, 0.29) is 22.9 Å². The second kappa shape index (κ2) is 6.23. The molecular weight excluding hydrogens is 254 g/mol. The van der Waals surface area contributed by atoms with Crippen molar-refractivity contribution in [3.05, 3.63) is 11.8 Å². The maximum absolute atomic E-state index is 11.8. The molecule has 0 heterocycles. The molecule has 1 rings (SSSR count). The number of alkyl halides is 1. The van der Waals surface area contributed by atoms with Crippen LogP contribution in [-0.2, 0) is 9.59 Å². The van der Waals surface area contributed by atoms with Gasteiger partial charge in [0.1, 0.15) is 5.70 Å². The predicted molar refractivity (Wildman–Crippen MR) is 70.3 cm³/mol. The first-order valence-electron chi connectivity index (χ1n) is 6.19. The lowest BCUT2D eigenvalue weighted by molar-refractivity contribution is -0.135. The van der Waals surface area contributed by atoms with Gasteiger partial charge in [-0.3, -0.25) is 4.79 Å². The van der Waals surface area contributed by atoms with Crippen LogP contribution in [0, 0.1) is 11.3 Å². The normalized spacial score (nSPS) is 21.5. The first-order valence-corrected chi connectivity index (χ1v) is 6.72. The van der Waals surface area contributed by atoms with Gasteiger partial charge in [-0.25, -0.2) is 4.79 Å². The van der Waals surface area contributed by atoms with Crippen molar-refractivity contribution in [1.82, 2.24) is 5.32 Å². The van der Waals surface area contributed by atoms with Crippen LogP contribution in [0.25, 0.3) is 0 Å². The Balaban J connectivity index is 2.48. The lowest BCUT2D eigenvalue weighted by Crippen LogP contribution is -2.29. The standard InChI is InChI=1S/C13H20ClNO3/c1-13(2)8-9(13)11(16)15-10(12(17)18)6-4-3-5-7-14/h6,9H,3-5,7-8H2,1-2H3,(H,15,16)(H,17,18)/b10-6-/t9-/m1/s1. The van der Waals surface area contributed by atoms with Gasteiger partial charge < -0.3 is 10.4 Å². The van der Waals surface area contributed by atoms with Gasteiger partial charge in [0.15, 0.2) is 0 Å². The van der Waals surface area contributed by atoms with Crippen LogP contribution in [0.1, 0.15) is 39.5 Å². The largest absolute Gasteiger partial charge is 0.477 e. The Kier molecular flexibility index (Phi) is 5.20. The average molecular weight is 274 g/mol. The van der Waals surface area contributed by atoms with Crippen LogP contribution in [0.3, 0.4) is 0 Å². The number of aliphatic carboxylic acids is 1. The Morgan fingerprint density at radius 2 is 2.06 bits per heavy atom. The molecule has 2 N–H and O–H groups in total. The van der Waals surface area contributed by atoms with Crippen molar-refractivity contribution >= 4 is 23.5 Å². The molecule has 4 nitrogen and oxygen atoms in total. The first-order chi connectivity index (χ1) is 8.38. The summed E-state index contributed by atoms with van der Waals surface area (Å²) in [6.07, 6.45) is 4.66. The molecule has 0 bridgehead atoms. The number of carbonyl (C=O) groups is 2. The van der Waals surface area contributed by atoms with Crippen molar-refractivity contribution in [3.8, 4) is 0 Å². The minimum absolute atomic E-state index is 0.00627. The lowest BCUT2D eigenvalue weighted by Gasteiger charge is -2.07. The van der Waals surface area contributed by atoms with Gasteiger partial charge in [-0.1, -0.05) is 19.9 Å². The topological polar surface area (TPSA) is 66.4 Å². The number of allylic oxidation sites excluding steroid dienone is 1. The van der Waals surface area contributed by atoms with Crippen LogP contribution in [0.2, 0.25) is 0 Å². The third-order valence-electron chi connectivity index (χ3n) is 3.25. The Morgan fingerprint density at radius 1 is 1.44 bits per heavy atom. The van der Waals surface area contributed by atoms with Crippen molar-refractivity contribution in [1.29, 1.82) is 0 Å². The third kappa shape index (κ3) is 4.33. The molecular formula is C13H20ClNO3. The number of unbranched alkanes of at least 4 members (excludes halogenated alkanes) is 2. The van der Waals surface area contributed by atoms with E-state index in [1.165, 1.54) is 0 Å². The van der Waals surface area contributed by atoms with E-state index in [9.17, 15) is 9.59 Å². The van der Waals surface area contributed by atoms with Crippen LogP contribution in [0.5, 0.6) is 0 Å². The second-order valence-electron chi connectivity index (χ2n) is 5.34. The lowest BCUT2D eigenvalue weighted by atomic mass is 10.1. The maximum Gasteiger partial charge on any atom is 0.352 e. The Morgan fingerprint density at radius 3 is 2.50 bits per heavy atom. The quantitative estimate of drug-likeness (QED) is 0.426. The third-order valence-corrected chi connectivity index (χ3v) is 3.52. The summed E-state index contributed by atoms with van der Waals surface area (Å²) in [6, 6.07) is 0. The van der Waals surface area contributed by atoms with Crippen LogP contribution in [0.4, 0.5) is 0 Å². The number of hydrogen-bond donors (Lipinski definition) is 2. The van der Waals surface area contributed by atoms with Gasteiger partial charge >= 0.3 is 5.97 Å². The molecule has 0 aromatic heterocycles. The van der Waals surface area contributed by atoms with Crippen LogP contribution in [-0.4, -0.2) is 22.9 Å². The van der Waals surface area contributed by atoms with Crippen LogP contribution >= 0.6 is 11.6 Å². The van der Waals surface area contributed by atoms with Crippen molar-refractivity contribution in [2.24, 2.45) is 11.3 Å². The number of carbonyl (C=O) groups excluding carboxylic acids is 1. The maximum atomic E-state index is 11.8. The van der Waals surface area contributed by atoms with Crippen LogP contribution < -0.4 is 5.32 Å². The molecule has 0 aromatic rings. The Bertz CT molecular complexity index is 363. The summed E-state index contributed by atoms with van der Waals surface area (Å²) in [5.74, 6) is -0.777. The Hall–Kier alpha value is -1.03. The number of hydrogen-bond acceptors (Lipinski definition) is 2. The fourth-order valence-corrected chi connectivity index (χ4v) is 2.00. The van der Waals surface area contributed by atoms with Crippen LogP contribution in [0.15, 0.2) is 11.8 Å². The Labute approximate surface area is 112 Å². The van der Waals surface area contributed by atoms with E-state index in [0.29, 0.717) is 12.3 Å². The van der Waals surface area contributed by atoms with Gasteiger partial charge in [0.05, 0.1) is 0 Å². The summed E-state index contributed by atoms with van der Waals surface area (Å²) >= 11 is 5.54. The summed E-state index contributed by atoms with van der Waals surface area (Å²) in [7, 11) is 0. The summed E-state index contributed by atoms with van der Waals surface area (Å²) in [5.41, 5.74) is -0.0101. The zero-order valence-electron chi connectivity index (χ0n) is 10.8. The molecule has 1 fully saturated rings. The minimum Gasteiger partial charge on any atom is -0.477 e. The van der Waals surface area contributed by atoms with E-state index in [4.69, 9.17) is 16.7 Å². The number of amides is 1. The molecule has 102 valence electrons. The molecule has 0 unspecified atom stereocenters. The first kappa shape index (κ1) is 15.0. The van der Waals surface area contributed by atoms with E-state index in [2.05, 4.69) is 5.32 Å². The van der Waals surface area contributed by atoms with Crippen molar-refractivity contribution in [3.63, 3.8) is 0 Å². The number of halogens is 1. The highest BCUT2D eigenvalue weighted by molar-refractivity contribution is 6.17. The van der Waals surface area contributed by atoms with Gasteiger partial charge in [-0.05, 0) is 31.1 Å². The van der Waals surface area contributed by atoms with Gasteiger partial charge in [0, 0.05) is 11.8 Å². The average Bonchev–Trinajstić information content (AvgIpc) is 2.92. The molecule has 1 aliphatic rings. The van der Waals surface area contributed by atoms with E-state index in [0.717, 1.165) is 19.3 Å². The van der Waals surface area contributed by atoms with Crippen molar-refractivity contribution in [2.45, 2.75) is 39.5 Å². The fraction of sp³-hybridized carbons (Fsp3) is 0.692. The number of carboxylic acid groups (broad SMARTS) is 1. The molecule has 0 aliphatic heterocycles.